The van der Waals surface area contributed by atoms with Crippen LogP contribution in [0.4, 0.5) is 17.2 Å². The van der Waals surface area contributed by atoms with Gasteiger partial charge in [0.25, 0.3) is 11.8 Å². The summed E-state index contributed by atoms with van der Waals surface area (Å²) in [5.41, 5.74) is 0.969. The zero-order valence-electron chi connectivity index (χ0n) is 17.3. The number of benzene rings is 1. The van der Waals surface area contributed by atoms with Crippen LogP contribution in [0.1, 0.15) is 16.8 Å². The number of carbonyl (C=O) groups is 3. The van der Waals surface area contributed by atoms with Crippen molar-refractivity contribution < 1.29 is 14.4 Å². The molecule has 3 amide bonds. The quantitative estimate of drug-likeness (QED) is 0.678. The lowest BCUT2D eigenvalue weighted by Crippen LogP contribution is -2.58. The van der Waals surface area contributed by atoms with E-state index in [1.165, 1.54) is 11.0 Å². The van der Waals surface area contributed by atoms with Crippen molar-refractivity contribution in [3.05, 3.63) is 59.2 Å². The molecule has 1 aromatic carbocycles. The first-order chi connectivity index (χ1) is 14.8. The number of rotatable bonds is 3. The van der Waals surface area contributed by atoms with Gasteiger partial charge in [-0.25, -0.2) is 4.98 Å². The standard InChI is InChI=1S/C22H22BrN5O3/c1-4-18(29)26(2)16-7-5-14(6-8-16)20(30)28-10-9-22(13-28)21(31)27(3)17-11-15(23)12-24-19(17)25-22/h4-8,11-12H,1,9-10,13H2,2-3H3,(H,24,25). The number of hydrogen-bond acceptors (Lipinski definition) is 5. The minimum Gasteiger partial charge on any atom is -0.353 e. The van der Waals surface area contributed by atoms with Crippen LogP contribution >= 0.6 is 15.9 Å². The highest BCUT2D eigenvalue weighted by molar-refractivity contribution is 9.10. The second-order valence-electron chi connectivity index (χ2n) is 7.72. The van der Waals surface area contributed by atoms with E-state index in [1.54, 1.807) is 54.4 Å². The molecule has 4 rings (SSSR count). The molecule has 31 heavy (non-hydrogen) atoms. The maximum atomic E-state index is 13.2. The van der Waals surface area contributed by atoms with E-state index in [4.69, 9.17) is 0 Å². The summed E-state index contributed by atoms with van der Waals surface area (Å²) >= 11 is 3.39. The maximum absolute atomic E-state index is 13.2. The summed E-state index contributed by atoms with van der Waals surface area (Å²) in [5.74, 6) is 0.148. The van der Waals surface area contributed by atoms with Crippen molar-refractivity contribution in [1.82, 2.24) is 9.88 Å². The first kappa shape index (κ1) is 21.0. The topological polar surface area (TPSA) is 85.8 Å². The summed E-state index contributed by atoms with van der Waals surface area (Å²) in [4.78, 5) is 47.1. The van der Waals surface area contributed by atoms with Gasteiger partial charge >= 0.3 is 0 Å². The Balaban J connectivity index is 1.53. The number of likely N-dealkylation sites (tertiary alicyclic amines) is 1. The molecule has 0 saturated carbocycles. The first-order valence-corrected chi connectivity index (χ1v) is 10.6. The van der Waals surface area contributed by atoms with Crippen molar-refractivity contribution >= 4 is 50.8 Å². The van der Waals surface area contributed by atoms with Crippen LogP contribution in [0.25, 0.3) is 0 Å². The number of carbonyl (C=O) groups excluding carboxylic acids is 3. The monoisotopic (exact) mass is 483 g/mol. The molecule has 0 aliphatic carbocycles. The van der Waals surface area contributed by atoms with Gasteiger partial charge in [0.2, 0.25) is 5.91 Å². The third-order valence-corrected chi connectivity index (χ3v) is 6.26. The molecule has 2 aliphatic rings. The van der Waals surface area contributed by atoms with Crippen LogP contribution in [-0.2, 0) is 9.59 Å². The summed E-state index contributed by atoms with van der Waals surface area (Å²) in [6.45, 7) is 4.19. The zero-order chi connectivity index (χ0) is 22.3. The van der Waals surface area contributed by atoms with Crippen molar-refractivity contribution in [1.29, 1.82) is 0 Å². The van der Waals surface area contributed by atoms with Crippen LogP contribution in [0, 0.1) is 0 Å². The highest BCUT2D eigenvalue weighted by atomic mass is 79.9. The van der Waals surface area contributed by atoms with E-state index < -0.39 is 5.54 Å². The average molecular weight is 484 g/mol. The summed E-state index contributed by atoms with van der Waals surface area (Å²) in [7, 11) is 3.37. The van der Waals surface area contributed by atoms with Crippen LogP contribution in [0.15, 0.2) is 53.7 Å². The maximum Gasteiger partial charge on any atom is 0.254 e. The zero-order valence-corrected chi connectivity index (χ0v) is 18.8. The fourth-order valence-corrected chi connectivity index (χ4v) is 4.34. The summed E-state index contributed by atoms with van der Waals surface area (Å²) < 4.78 is 0.788. The third-order valence-electron chi connectivity index (χ3n) is 5.83. The number of halogens is 1. The first-order valence-electron chi connectivity index (χ1n) is 9.77. The van der Waals surface area contributed by atoms with Gasteiger partial charge in [-0.05, 0) is 58.8 Å². The van der Waals surface area contributed by atoms with Crippen LogP contribution < -0.4 is 15.1 Å². The molecule has 2 aliphatic heterocycles. The molecular formula is C22H22BrN5O3. The van der Waals surface area contributed by atoms with E-state index in [2.05, 4.69) is 32.8 Å². The van der Waals surface area contributed by atoms with Gasteiger partial charge in [0.05, 0.1) is 12.2 Å². The molecule has 0 radical (unpaired) electrons. The van der Waals surface area contributed by atoms with Gasteiger partial charge in [-0.1, -0.05) is 6.58 Å². The largest absolute Gasteiger partial charge is 0.353 e. The van der Waals surface area contributed by atoms with Crippen molar-refractivity contribution in [2.24, 2.45) is 0 Å². The second kappa shape index (κ2) is 7.81. The van der Waals surface area contributed by atoms with Crippen LogP contribution in [-0.4, -0.2) is 60.3 Å². The Kier molecular flexibility index (Phi) is 5.30. The Hall–Kier alpha value is -3.20. The number of amides is 3. The van der Waals surface area contributed by atoms with Crippen molar-refractivity contribution in [2.75, 3.05) is 42.3 Å². The minimum atomic E-state index is -0.894. The molecule has 1 unspecified atom stereocenters. The van der Waals surface area contributed by atoms with Gasteiger partial charge in [0.1, 0.15) is 5.54 Å². The van der Waals surface area contributed by atoms with Gasteiger partial charge in [0, 0.05) is 42.6 Å². The molecule has 2 aromatic rings. The van der Waals surface area contributed by atoms with Crippen LogP contribution in [0.3, 0.4) is 0 Å². The summed E-state index contributed by atoms with van der Waals surface area (Å²) in [5, 5.41) is 3.29. The molecule has 1 fully saturated rings. The molecule has 1 atom stereocenters. The Morgan fingerprint density at radius 1 is 1.32 bits per heavy atom. The van der Waals surface area contributed by atoms with E-state index in [0.29, 0.717) is 35.7 Å². The van der Waals surface area contributed by atoms with Crippen LogP contribution in [0.5, 0.6) is 0 Å². The fraction of sp³-hybridized carbons (Fsp3) is 0.273. The van der Waals surface area contributed by atoms with E-state index in [1.807, 2.05) is 6.07 Å². The smallest absolute Gasteiger partial charge is 0.254 e. The molecule has 9 heteroatoms. The molecule has 0 bridgehead atoms. The lowest BCUT2D eigenvalue weighted by Gasteiger charge is -2.39. The molecule has 1 N–H and O–H groups in total. The number of likely N-dealkylation sites (N-methyl/N-ethyl adjacent to an activating group) is 2. The van der Waals surface area contributed by atoms with Gasteiger partial charge in [-0.3, -0.25) is 14.4 Å². The SMILES string of the molecule is C=CC(=O)N(C)c1ccc(C(=O)N2CCC3(C2)Nc2ncc(Br)cc2N(C)C3=O)cc1. The van der Waals surface area contributed by atoms with Crippen molar-refractivity contribution in [3.63, 3.8) is 0 Å². The van der Waals surface area contributed by atoms with E-state index in [0.717, 1.165) is 4.47 Å². The molecule has 1 aromatic heterocycles. The predicted octanol–water partition coefficient (Wildman–Crippen LogP) is 2.67. The van der Waals surface area contributed by atoms with Crippen LogP contribution in [0.2, 0.25) is 0 Å². The minimum absolute atomic E-state index is 0.0879. The Morgan fingerprint density at radius 3 is 2.71 bits per heavy atom. The van der Waals surface area contributed by atoms with Gasteiger partial charge in [-0.2, -0.15) is 0 Å². The predicted molar refractivity (Wildman–Crippen MR) is 122 cm³/mol. The average Bonchev–Trinajstić information content (AvgIpc) is 3.21. The van der Waals surface area contributed by atoms with Gasteiger partial charge in [0.15, 0.2) is 5.82 Å². The number of pyridine rings is 1. The lowest BCUT2D eigenvalue weighted by molar-refractivity contribution is -0.122. The lowest BCUT2D eigenvalue weighted by atomic mass is 9.94. The molecule has 1 spiro atoms. The van der Waals surface area contributed by atoms with E-state index in [9.17, 15) is 14.4 Å². The highest BCUT2D eigenvalue weighted by Crippen LogP contribution is 2.39. The highest BCUT2D eigenvalue weighted by Gasteiger charge is 2.51. The molecule has 3 heterocycles. The molecule has 1 saturated heterocycles. The van der Waals surface area contributed by atoms with Gasteiger partial charge < -0.3 is 20.0 Å². The molecule has 160 valence electrons. The summed E-state index contributed by atoms with van der Waals surface area (Å²) in [6, 6.07) is 8.65. The normalized spacial score (nSPS) is 19.8. The number of anilines is 3. The summed E-state index contributed by atoms with van der Waals surface area (Å²) in [6.07, 6.45) is 3.41. The van der Waals surface area contributed by atoms with E-state index >= 15 is 0 Å². The van der Waals surface area contributed by atoms with E-state index in [-0.39, 0.29) is 24.3 Å². The third kappa shape index (κ3) is 3.59. The number of aromatic nitrogens is 1. The Labute approximate surface area is 188 Å². The Morgan fingerprint density at radius 2 is 2.03 bits per heavy atom. The fourth-order valence-electron chi connectivity index (χ4n) is 4.03. The van der Waals surface area contributed by atoms with Gasteiger partial charge in [-0.15, -0.1) is 0 Å². The molecular weight excluding hydrogens is 462 g/mol. The number of hydrogen-bond donors (Lipinski definition) is 1. The second-order valence-corrected chi connectivity index (χ2v) is 8.63. The number of fused-ring (bicyclic) bond motifs is 1. The number of nitrogens with zero attached hydrogens (tertiary/aromatic N) is 4. The molecule has 8 nitrogen and oxygen atoms in total. The van der Waals surface area contributed by atoms with Crippen molar-refractivity contribution in [2.45, 2.75) is 12.0 Å². The van der Waals surface area contributed by atoms with Crippen molar-refractivity contribution in [3.8, 4) is 0 Å². The number of nitrogens with one attached hydrogen (secondary N) is 1. The Bertz CT molecular complexity index is 1090.